The van der Waals surface area contributed by atoms with Gasteiger partial charge in [-0.3, -0.25) is 4.98 Å². The molecule has 13 rings (SSSR count). The van der Waals surface area contributed by atoms with E-state index in [9.17, 15) is 10.5 Å². The number of fused-ring (bicyclic) bond motifs is 6. The summed E-state index contributed by atoms with van der Waals surface area (Å²) in [6.07, 6.45) is 3.82. The number of hydrogen-bond acceptors (Lipinski definition) is 6. The van der Waals surface area contributed by atoms with Crippen LogP contribution in [0.2, 0.25) is 0 Å². The summed E-state index contributed by atoms with van der Waals surface area (Å²) in [5, 5.41) is 23.9. The molecule has 9 aromatic carbocycles. The summed E-state index contributed by atoms with van der Waals surface area (Å²) in [6.45, 7) is 0. The lowest BCUT2D eigenvalue weighted by Gasteiger charge is -2.19. The van der Waals surface area contributed by atoms with Gasteiger partial charge in [0.2, 0.25) is 0 Å². The van der Waals surface area contributed by atoms with E-state index in [0.29, 0.717) is 28.6 Å². The monoisotopic (exact) mass is 918 g/mol. The summed E-state index contributed by atoms with van der Waals surface area (Å²) in [5.41, 5.74) is 15.7. The molecule has 4 aromatic heterocycles. The summed E-state index contributed by atoms with van der Waals surface area (Å²) in [6, 6.07) is 78.9. The smallest absolute Gasteiger partial charge is 0.164 e. The number of benzene rings is 9. The molecule has 0 radical (unpaired) electrons. The van der Waals surface area contributed by atoms with Gasteiger partial charge in [0.1, 0.15) is 0 Å². The Balaban J connectivity index is 1.08. The third-order valence-electron chi connectivity index (χ3n) is 13.5. The molecule has 0 spiro atoms. The zero-order valence-corrected chi connectivity index (χ0v) is 38.5. The van der Waals surface area contributed by atoms with Gasteiger partial charge in [-0.15, -0.1) is 0 Å². The highest BCUT2D eigenvalue weighted by Gasteiger charge is 2.23. The van der Waals surface area contributed by atoms with Crippen molar-refractivity contribution in [1.82, 2.24) is 29.1 Å². The van der Waals surface area contributed by atoms with Crippen molar-refractivity contribution in [1.29, 1.82) is 10.5 Å². The second-order valence-electron chi connectivity index (χ2n) is 17.7. The fourth-order valence-electron chi connectivity index (χ4n) is 10.2. The van der Waals surface area contributed by atoms with Crippen molar-refractivity contribution in [3.8, 4) is 91.1 Å². The molecule has 0 unspecified atom stereocenters. The Labute approximate surface area is 414 Å². The number of pyridine rings is 1. The van der Waals surface area contributed by atoms with Crippen LogP contribution in [0.3, 0.4) is 0 Å². The van der Waals surface area contributed by atoms with E-state index in [-0.39, 0.29) is 0 Å². The van der Waals surface area contributed by atoms with Crippen LogP contribution < -0.4 is 0 Å². The molecule has 0 saturated heterocycles. The van der Waals surface area contributed by atoms with Crippen LogP contribution in [-0.2, 0) is 0 Å². The Bertz CT molecular complexity index is 4310. The first kappa shape index (κ1) is 41.9. The Morgan fingerprint density at radius 2 is 0.750 bits per heavy atom. The van der Waals surface area contributed by atoms with E-state index < -0.39 is 0 Å². The summed E-state index contributed by atoms with van der Waals surface area (Å²) in [4.78, 5) is 20.3. The molecule has 4 heterocycles. The van der Waals surface area contributed by atoms with Crippen LogP contribution in [0.4, 0.5) is 0 Å². The maximum atomic E-state index is 9.77. The van der Waals surface area contributed by atoms with Crippen LogP contribution in [0.1, 0.15) is 11.1 Å². The van der Waals surface area contributed by atoms with E-state index in [4.69, 9.17) is 19.9 Å². The third-order valence-corrected chi connectivity index (χ3v) is 13.5. The van der Waals surface area contributed by atoms with Gasteiger partial charge in [-0.1, -0.05) is 133 Å². The standard InChI is InChI=1S/C64H38N8/c65-38-41-13-11-19-45(33-41)47-25-28-58-52(35-47)50-21-7-9-23-56(50)71(58)60-30-27-49(64-69-62(43-15-3-1-4-16-43)68-63(70-64)44-17-5-2-6-18-44)37-54(60)55-40-67-32-31-61(55)72-57-24-10-8-22-51(57)53-36-48(26-29-59(53)72)46-20-12-14-42(34-46)39-66/h1-37,40H. The molecule has 13 aromatic rings. The molecule has 0 aliphatic carbocycles. The topological polar surface area (TPSA) is 109 Å². The second kappa shape index (κ2) is 17.4. The number of nitriles is 2. The summed E-state index contributed by atoms with van der Waals surface area (Å²) in [7, 11) is 0. The molecule has 8 nitrogen and oxygen atoms in total. The zero-order valence-electron chi connectivity index (χ0n) is 38.5. The van der Waals surface area contributed by atoms with E-state index in [1.165, 1.54) is 0 Å². The van der Waals surface area contributed by atoms with Gasteiger partial charge in [0.05, 0.1) is 56.7 Å². The first-order valence-corrected chi connectivity index (χ1v) is 23.6. The number of rotatable bonds is 8. The number of aromatic nitrogens is 6. The first-order valence-electron chi connectivity index (χ1n) is 23.6. The largest absolute Gasteiger partial charge is 0.309 e. The molecular formula is C64H38N8. The Hall–Kier alpha value is -10.3. The van der Waals surface area contributed by atoms with E-state index in [1.807, 2.05) is 109 Å². The highest BCUT2D eigenvalue weighted by atomic mass is 15.0. The molecule has 0 fully saturated rings. The van der Waals surface area contributed by atoms with Gasteiger partial charge in [-0.05, 0) is 107 Å². The molecule has 0 atom stereocenters. The molecule has 0 saturated carbocycles. The minimum Gasteiger partial charge on any atom is -0.309 e. The van der Waals surface area contributed by atoms with Crippen molar-refractivity contribution in [3.05, 3.63) is 242 Å². The maximum absolute atomic E-state index is 9.77. The van der Waals surface area contributed by atoms with Crippen molar-refractivity contribution < 1.29 is 0 Å². The van der Waals surface area contributed by atoms with Gasteiger partial charge in [0.15, 0.2) is 17.5 Å². The van der Waals surface area contributed by atoms with Crippen molar-refractivity contribution >= 4 is 43.6 Å². The highest BCUT2D eigenvalue weighted by molar-refractivity contribution is 6.13. The van der Waals surface area contributed by atoms with Crippen LogP contribution in [-0.4, -0.2) is 29.1 Å². The van der Waals surface area contributed by atoms with Crippen molar-refractivity contribution in [2.45, 2.75) is 0 Å². The average molecular weight is 919 g/mol. The second-order valence-corrected chi connectivity index (χ2v) is 17.7. The van der Waals surface area contributed by atoms with Gasteiger partial charge < -0.3 is 9.13 Å². The third kappa shape index (κ3) is 7.15. The van der Waals surface area contributed by atoms with E-state index in [2.05, 4.69) is 143 Å². The average Bonchev–Trinajstić information content (AvgIpc) is 3.97. The van der Waals surface area contributed by atoms with Crippen molar-refractivity contribution in [2.24, 2.45) is 0 Å². The molecule has 0 amide bonds. The molecular weight excluding hydrogens is 881 g/mol. The van der Waals surface area contributed by atoms with Crippen molar-refractivity contribution in [2.75, 3.05) is 0 Å². The number of hydrogen-bond donors (Lipinski definition) is 0. The minimum absolute atomic E-state index is 0.539. The van der Waals surface area contributed by atoms with Gasteiger partial charge in [-0.25, -0.2) is 15.0 Å². The first-order chi connectivity index (χ1) is 35.6. The predicted octanol–water partition coefficient (Wildman–Crippen LogP) is 15.2. The number of nitrogens with zero attached hydrogens (tertiary/aromatic N) is 8. The lowest BCUT2D eigenvalue weighted by molar-refractivity contribution is 1.07. The van der Waals surface area contributed by atoms with Gasteiger partial charge in [0, 0.05) is 61.8 Å². The minimum atomic E-state index is 0.539. The molecule has 0 aliphatic heterocycles. The summed E-state index contributed by atoms with van der Waals surface area (Å²) in [5.74, 6) is 1.70. The van der Waals surface area contributed by atoms with Crippen molar-refractivity contribution in [3.63, 3.8) is 0 Å². The maximum Gasteiger partial charge on any atom is 0.164 e. The molecule has 334 valence electrons. The van der Waals surface area contributed by atoms with Crippen LogP contribution in [0.15, 0.2) is 231 Å². The fraction of sp³-hybridized carbons (Fsp3) is 0. The van der Waals surface area contributed by atoms with Gasteiger partial charge in [0.25, 0.3) is 0 Å². The molecule has 72 heavy (non-hydrogen) atoms. The SMILES string of the molecule is N#Cc1cccc(-c2ccc3c(c2)c2ccccc2n3-c2ccncc2-c2cc(-c3nc(-c4ccccc4)nc(-c4ccccc4)n3)ccc2-n2c3ccccc3c3cc(-c4cccc(C#N)c4)ccc32)c1. The zero-order chi connectivity index (χ0) is 48.1. The quantitative estimate of drug-likeness (QED) is 0.150. The van der Waals surface area contributed by atoms with E-state index in [0.717, 1.165) is 105 Å². The lowest BCUT2D eigenvalue weighted by Crippen LogP contribution is -2.04. The molecule has 0 N–H and O–H groups in total. The van der Waals surface area contributed by atoms with E-state index in [1.54, 1.807) is 0 Å². The fourth-order valence-corrected chi connectivity index (χ4v) is 10.2. The van der Waals surface area contributed by atoms with Crippen LogP contribution in [0.25, 0.3) is 123 Å². The highest BCUT2D eigenvalue weighted by Crippen LogP contribution is 2.43. The molecule has 8 heteroatoms. The van der Waals surface area contributed by atoms with Gasteiger partial charge in [-0.2, -0.15) is 10.5 Å². The normalized spacial score (nSPS) is 11.3. The Morgan fingerprint density at radius 3 is 1.28 bits per heavy atom. The Morgan fingerprint density at radius 1 is 0.319 bits per heavy atom. The summed E-state index contributed by atoms with van der Waals surface area (Å²) < 4.78 is 4.69. The molecule has 0 aliphatic rings. The number of para-hydroxylation sites is 2. The van der Waals surface area contributed by atoms with E-state index >= 15 is 0 Å². The van der Waals surface area contributed by atoms with Gasteiger partial charge >= 0.3 is 0 Å². The predicted molar refractivity (Wildman–Crippen MR) is 288 cm³/mol. The van der Waals surface area contributed by atoms with Crippen LogP contribution in [0, 0.1) is 22.7 Å². The van der Waals surface area contributed by atoms with Crippen LogP contribution >= 0.6 is 0 Å². The summed E-state index contributed by atoms with van der Waals surface area (Å²) >= 11 is 0. The lowest BCUT2D eigenvalue weighted by atomic mass is 9.99. The Kier molecular flexibility index (Phi) is 10.1. The molecule has 0 bridgehead atoms. The van der Waals surface area contributed by atoms with Crippen LogP contribution in [0.5, 0.6) is 0 Å².